The first kappa shape index (κ1) is 26.0. The summed E-state index contributed by atoms with van der Waals surface area (Å²) in [5.74, 6) is 2.38. The van der Waals surface area contributed by atoms with Crippen LogP contribution in [0.2, 0.25) is 0 Å². The molecule has 0 unspecified atom stereocenters. The zero-order chi connectivity index (χ0) is 25.4. The standard InChI is InChI=1S/C32H52O3/c1-9-34-28-22(19-21(35-28)18-20(2)3)23-12-16-32(8)25-10-11-26-29(4,5)27(33)14-15-30(26,6)24(25)13-17-31(23,32)7/h10,18,21-24,26-28,33H,9,11-17,19H2,1-8H3/t21-,22-,23-,24-,26-,27-,28+,30+,31-,32+/m0/s1. The van der Waals surface area contributed by atoms with E-state index in [1.807, 2.05) is 0 Å². The number of aliphatic hydroxyl groups excluding tert-OH is 1. The summed E-state index contributed by atoms with van der Waals surface area (Å²) in [6, 6.07) is 0. The zero-order valence-corrected chi connectivity index (χ0v) is 23.8. The molecule has 1 saturated heterocycles. The molecule has 35 heavy (non-hydrogen) atoms. The summed E-state index contributed by atoms with van der Waals surface area (Å²) >= 11 is 0. The zero-order valence-electron chi connectivity index (χ0n) is 23.8. The van der Waals surface area contributed by atoms with Crippen molar-refractivity contribution < 1.29 is 14.6 Å². The number of hydrogen-bond acceptors (Lipinski definition) is 3. The van der Waals surface area contributed by atoms with E-state index in [-0.39, 0.29) is 29.3 Å². The lowest BCUT2D eigenvalue weighted by molar-refractivity contribution is -0.160. The van der Waals surface area contributed by atoms with Crippen LogP contribution >= 0.6 is 0 Å². The average molecular weight is 485 g/mol. The molecule has 0 spiro atoms. The number of hydrogen-bond donors (Lipinski definition) is 1. The monoisotopic (exact) mass is 484 g/mol. The Bertz CT molecular complexity index is 883. The summed E-state index contributed by atoms with van der Waals surface area (Å²) in [5, 5.41) is 10.9. The topological polar surface area (TPSA) is 38.7 Å². The van der Waals surface area contributed by atoms with Crippen LogP contribution in [0.3, 0.4) is 0 Å². The fraction of sp³-hybridized carbons (Fsp3) is 0.875. The molecule has 1 N–H and O–H groups in total. The third kappa shape index (κ3) is 3.68. The van der Waals surface area contributed by atoms with E-state index >= 15 is 0 Å². The molecule has 10 atom stereocenters. The Morgan fingerprint density at radius 2 is 1.83 bits per heavy atom. The van der Waals surface area contributed by atoms with Gasteiger partial charge in [-0.2, -0.15) is 0 Å². The number of aliphatic hydroxyl groups is 1. The van der Waals surface area contributed by atoms with Crippen LogP contribution in [0.5, 0.6) is 0 Å². The van der Waals surface area contributed by atoms with Crippen LogP contribution in [0.25, 0.3) is 0 Å². The number of ether oxygens (including phenoxy) is 2. The minimum absolute atomic E-state index is 0.000729. The Morgan fingerprint density at radius 1 is 1.09 bits per heavy atom. The molecule has 5 aliphatic rings. The third-order valence-electron chi connectivity index (χ3n) is 12.4. The molecule has 0 aromatic carbocycles. The van der Waals surface area contributed by atoms with Gasteiger partial charge in [-0.3, -0.25) is 0 Å². The number of allylic oxidation sites excluding steroid dienone is 3. The molecular weight excluding hydrogens is 432 g/mol. The molecule has 0 radical (unpaired) electrons. The highest BCUT2D eigenvalue weighted by molar-refractivity contribution is 5.33. The molecule has 3 heteroatoms. The predicted octanol–water partition coefficient (Wildman–Crippen LogP) is 7.69. The van der Waals surface area contributed by atoms with Gasteiger partial charge in [0.25, 0.3) is 0 Å². The van der Waals surface area contributed by atoms with Crippen molar-refractivity contribution in [3.05, 3.63) is 23.3 Å². The molecule has 0 amide bonds. The second-order valence-electron chi connectivity index (χ2n) is 14.5. The van der Waals surface area contributed by atoms with Crippen LogP contribution in [-0.2, 0) is 9.47 Å². The van der Waals surface area contributed by atoms with E-state index in [0.29, 0.717) is 34.5 Å². The first-order chi connectivity index (χ1) is 16.4. The summed E-state index contributed by atoms with van der Waals surface area (Å²) in [7, 11) is 0. The first-order valence-corrected chi connectivity index (χ1v) is 14.7. The first-order valence-electron chi connectivity index (χ1n) is 14.7. The van der Waals surface area contributed by atoms with Crippen molar-refractivity contribution in [2.45, 2.75) is 125 Å². The van der Waals surface area contributed by atoms with Gasteiger partial charge in [0, 0.05) is 12.5 Å². The van der Waals surface area contributed by atoms with E-state index in [0.717, 1.165) is 25.9 Å². The second kappa shape index (κ2) is 8.70. The average Bonchev–Trinajstić information content (AvgIpc) is 3.28. The van der Waals surface area contributed by atoms with E-state index in [1.54, 1.807) is 5.57 Å². The lowest BCUT2D eigenvalue weighted by Gasteiger charge is -2.64. The van der Waals surface area contributed by atoms with Crippen molar-refractivity contribution in [3.8, 4) is 0 Å². The van der Waals surface area contributed by atoms with Crippen molar-refractivity contribution in [2.75, 3.05) is 6.61 Å². The lowest BCUT2D eigenvalue weighted by Crippen LogP contribution is -2.58. The van der Waals surface area contributed by atoms with Gasteiger partial charge in [0.1, 0.15) is 0 Å². The largest absolute Gasteiger partial charge is 0.393 e. The van der Waals surface area contributed by atoms with Gasteiger partial charge in [-0.05, 0) is 112 Å². The van der Waals surface area contributed by atoms with Crippen LogP contribution in [0.15, 0.2) is 23.3 Å². The molecule has 1 aliphatic heterocycles. The minimum Gasteiger partial charge on any atom is -0.393 e. The fourth-order valence-electron chi connectivity index (χ4n) is 10.3. The molecule has 3 nitrogen and oxygen atoms in total. The fourth-order valence-corrected chi connectivity index (χ4v) is 10.3. The van der Waals surface area contributed by atoms with Crippen LogP contribution < -0.4 is 0 Å². The van der Waals surface area contributed by atoms with Gasteiger partial charge in [0.2, 0.25) is 0 Å². The molecule has 0 bridgehead atoms. The summed E-state index contributed by atoms with van der Waals surface area (Å²) in [6.07, 6.45) is 14.5. The van der Waals surface area contributed by atoms with Crippen LogP contribution in [-0.4, -0.2) is 30.2 Å². The molecule has 0 aromatic heterocycles. The SMILES string of the molecule is CCO[C@@H]1O[C@@H](C=C(C)C)C[C@H]1[C@@H]1CC[C@]2(C)C3=CC[C@H]4C(C)(C)[C@@H](O)CC[C@]4(C)[C@H]3CC[C@@]12C. The maximum Gasteiger partial charge on any atom is 0.161 e. The highest BCUT2D eigenvalue weighted by Gasteiger charge is 2.66. The van der Waals surface area contributed by atoms with Crippen LogP contribution in [0, 0.1) is 45.3 Å². The minimum atomic E-state index is -0.164. The van der Waals surface area contributed by atoms with Crippen molar-refractivity contribution in [3.63, 3.8) is 0 Å². The van der Waals surface area contributed by atoms with Crippen molar-refractivity contribution >= 4 is 0 Å². The molecule has 5 rings (SSSR count). The van der Waals surface area contributed by atoms with E-state index in [4.69, 9.17) is 9.47 Å². The van der Waals surface area contributed by atoms with Gasteiger partial charge < -0.3 is 14.6 Å². The van der Waals surface area contributed by atoms with Gasteiger partial charge in [-0.1, -0.05) is 57.9 Å². The van der Waals surface area contributed by atoms with E-state index in [1.165, 1.54) is 37.7 Å². The smallest absolute Gasteiger partial charge is 0.161 e. The lowest BCUT2D eigenvalue weighted by atomic mass is 9.41. The third-order valence-corrected chi connectivity index (χ3v) is 12.4. The molecular formula is C32H52O3. The molecule has 4 fully saturated rings. The molecule has 3 saturated carbocycles. The molecule has 0 aromatic rings. The number of rotatable bonds is 4. The van der Waals surface area contributed by atoms with Crippen LogP contribution in [0.1, 0.15) is 107 Å². The number of fused-ring (bicyclic) bond motifs is 5. The Kier molecular flexibility index (Phi) is 6.46. The molecule has 1 heterocycles. The Morgan fingerprint density at radius 3 is 2.51 bits per heavy atom. The maximum atomic E-state index is 10.9. The second-order valence-corrected chi connectivity index (χ2v) is 14.5. The Labute approximate surface area is 215 Å². The van der Waals surface area contributed by atoms with E-state index in [2.05, 4.69) is 67.5 Å². The Balaban J connectivity index is 1.46. The highest BCUT2D eigenvalue weighted by atomic mass is 16.7. The molecule has 198 valence electrons. The van der Waals surface area contributed by atoms with Gasteiger partial charge >= 0.3 is 0 Å². The summed E-state index contributed by atoms with van der Waals surface area (Å²) in [5.41, 5.74) is 4.00. The van der Waals surface area contributed by atoms with Crippen molar-refractivity contribution in [1.29, 1.82) is 0 Å². The predicted molar refractivity (Wildman–Crippen MR) is 143 cm³/mol. The van der Waals surface area contributed by atoms with Gasteiger partial charge in [0.15, 0.2) is 6.29 Å². The summed E-state index contributed by atoms with van der Waals surface area (Å²) in [4.78, 5) is 0. The normalized spacial score (nSPS) is 50.7. The van der Waals surface area contributed by atoms with Crippen LogP contribution in [0.4, 0.5) is 0 Å². The summed E-state index contributed by atoms with van der Waals surface area (Å²) in [6.45, 7) is 19.7. The highest BCUT2D eigenvalue weighted by Crippen LogP contribution is 2.73. The molecule has 4 aliphatic carbocycles. The maximum absolute atomic E-state index is 10.9. The van der Waals surface area contributed by atoms with Crippen molar-refractivity contribution in [2.24, 2.45) is 45.3 Å². The van der Waals surface area contributed by atoms with Gasteiger partial charge in [-0.15, -0.1) is 0 Å². The van der Waals surface area contributed by atoms with E-state index < -0.39 is 0 Å². The Hall–Kier alpha value is -0.640. The van der Waals surface area contributed by atoms with Gasteiger partial charge in [0.05, 0.1) is 12.2 Å². The quantitative estimate of drug-likeness (QED) is 0.416. The van der Waals surface area contributed by atoms with E-state index in [9.17, 15) is 5.11 Å². The summed E-state index contributed by atoms with van der Waals surface area (Å²) < 4.78 is 12.7. The van der Waals surface area contributed by atoms with Gasteiger partial charge in [-0.25, -0.2) is 0 Å². The van der Waals surface area contributed by atoms with Crippen molar-refractivity contribution in [1.82, 2.24) is 0 Å².